The Hall–Kier alpha value is -1.76. The van der Waals surface area contributed by atoms with E-state index in [1.54, 1.807) is 12.1 Å². The van der Waals surface area contributed by atoms with Crippen molar-refractivity contribution in [3.05, 3.63) is 12.1 Å². The van der Waals surface area contributed by atoms with E-state index in [-0.39, 0.29) is 0 Å². The number of nitrogens with zero attached hydrogens (tertiary/aromatic N) is 5. The molecular weight excluding hydrogens is 172 g/mol. The topological polar surface area (TPSA) is 91.2 Å². The summed E-state index contributed by atoms with van der Waals surface area (Å²) < 4.78 is 6.48. The molecule has 0 radical (unpaired) electrons. The van der Waals surface area contributed by atoms with Crippen molar-refractivity contribution in [3.63, 3.8) is 0 Å². The van der Waals surface area contributed by atoms with Crippen LogP contribution in [-0.2, 0) is 0 Å². The predicted molar refractivity (Wildman–Crippen MR) is 43.1 cm³/mol. The van der Waals surface area contributed by atoms with Gasteiger partial charge in [0.2, 0.25) is 5.88 Å². The highest BCUT2D eigenvalue weighted by Crippen LogP contribution is 2.04. The predicted octanol–water partition coefficient (Wildman–Crippen LogP) is -1.14. The largest absolute Gasteiger partial charge is 0.475 e. The first-order valence-electron chi connectivity index (χ1n) is 3.78. The van der Waals surface area contributed by atoms with Crippen LogP contribution in [0, 0.1) is 0 Å². The second kappa shape index (κ2) is 3.31. The molecule has 0 amide bonds. The average Bonchev–Trinajstić information content (AvgIpc) is 2.61. The number of fused-ring (bicyclic) bond motifs is 1. The van der Waals surface area contributed by atoms with Gasteiger partial charge in [0.1, 0.15) is 6.61 Å². The minimum absolute atomic E-state index is 0.431. The van der Waals surface area contributed by atoms with Gasteiger partial charge in [0.15, 0.2) is 5.65 Å². The fraction of sp³-hybridized carbons (Fsp3) is 0.333. The maximum Gasteiger partial charge on any atom is 0.233 e. The third-order valence-electron chi connectivity index (χ3n) is 1.41. The lowest BCUT2D eigenvalue weighted by Crippen LogP contribution is -2.12. The zero-order valence-corrected chi connectivity index (χ0v) is 6.79. The summed E-state index contributed by atoms with van der Waals surface area (Å²) in [6.07, 6.45) is 0. The third-order valence-corrected chi connectivity index (χ3v) is 1.41. The van der Waals surface area contributed by atoms with Crippen LogP contribution in [0.15, 0.2) is 12.1 Å². The second-order valence-corrected chi connectivity index (χ2v) is 2.34. The van der Waals surface area contributed by atoms with Gasteiger partial charge < -0.3 is 10.5 Å². The number of hydrogen-bond donors (Lipinski definition) is 1. The Bertz CT molecular complexity index is 399. The highest BCUT2D eigenvalue weighted by Gasteiger charge is 1.99. The first kappa shape index (κ1) is 7.87. The molecular formula is C6H8N6O. The van der Waals surface area contributed by atoms with Gasteiger partial charge in [0.05, 0.1) is 0 Å². The molecule has 0 fully saturated rings. The van der Waals surface area contributed by atoms with Gasteiger partial charge in [-0.2, -0.15) is 0 Å². The highest BCUT2D eigenvalue weighted by atomic mass is 16.5. The van der Waals surface area contributed by atoms with E-state index in [2.05, 4.69) is 20.6 Å². The van der Waals surface area contributed by atoms with Gasteiger partial charge in [0.25, 0.3) is 0 Å². The van der Waals surface area contributed by atoms with E-state index in [9.17, 15) is 0 Å². The average molecular weight is 180 g/mol. The Balaban J connectivity index is 2.26. The van der Waals surface area contributed by atoms with Crippen LogP contribution in [0.5, 0.6) is 5.88 Å². The normalized spacial score (nSPS) is 10.5. The Labute approximate surface area is 73.5 Å². The molecule has 13 heavy (non-hydrogen) atoms. The van der Waals surface area contributed by atoms with Gasteiger partial charge in [0, 0.05) is 12.6 Å². The molecule has 0 saturated carbocycles. The van der Waals surface area contributed by atoms with Crippen LogP contribution in [0.1, 0.15) is 0 Å². The summed E-state index contributed by atoms with van der Waals surface area (Å²) in [4.78, 5) is 0. The number of rotatable bonds is 3. The van der Waals surface area contributed by atoms with Gasteiger partial charge >= 0.3 is 0 Å². The molecule has 7 heteroatoms. The van der Waals surface area contributed by atoms with Crippen LogP contribution in [0.4, 0.5) is 0 Å². The lowest BCUT2D eigenvalue weighted by atomic mass is 10.5. The first-order chi connectivity index (χ1) is 6.40. The van der Waals surface area contributed by atoms with E-state index < -0.39 is 0 Å². The lowest BCUT2D eigenvalue weighted by Gasteiger charge is -2.01. The zero-order valence-electron chi connectivity index (χ0n) is 6.79. The molecule has 68 valence electrons. The van der Waals surface area contributed by atoms with E-state index in [0.717, 1.165) is 0 Å². The molecule has 7 nitrogen and oxygen atoms in total. The maximum atomic E-state index is 5.27. The molecule has 0 aliphatic carbocycles. The van der Waals surface area contributed by atoms with Crippen LogP contribution < -0.4 is 10.5 Å². The Morgan fingerprint density at radius 2 is 2.38 bits per heavy atom. The maximum absolute atomic E-state index is 5.27. The SMILES string of the molecule is NCCOc1ccc2nnnn2n1. The van der Waals surface area contributed by atoms with Crippen LogP contribution in [0.25, 0.3) is 5.65 Å². The van der Waals surface area contributed by atoms with Crippen LogP contribution in [0.2, 0.25) is 0 Å². The molecule has 2 aromatic rings. The summed E-state index contributed by atoms with van der Waals surface area (Å²) in [6.45, 7) is 0.885. The van der Waals surface area contributed by atoms with Gasteiger partial charge in [-0.05, 0) is 16.5 Å². The van der Waals surface area contributed by atoms with E-state index in [1.165, 1.54) is 4.63 Å². The Kier molecular flexibility index (Phi) is 2.01. The molecule has 0 saturated heterocycles. The number of nitrogens with two attached hydrogens (primary N) is 1. The first-order valence-corrected chi connectivity index (χ1v) is 3.78. The number of hydrogen-bond acceptors (Lipinski definition) is 6. The van der Waals surface area contributed by atoms with Crippen molar-refractivity contribution < 1.29 is 4.74 Å². The van der Waals surface area contributed by atoms with Crippen molar-refractivity contribution in [3.8, 4) is 5.88 Å². The Morgan fingerprint density at radius 1 is 1.46 bits per heavy atom. The van der Waals surface area contributed by atoms with E-state index in [4.69, 9.17) is 10.5 Å². The number of aromatic nitrogens is 5. The molecule has 2 rings (SSSR count). The number of tetrazole rings is 1. The monoisotopic (exact) mass is 180 g/mol. The zero-order chi connectivity index (χ0) is 9.10. The van der Waals surface area contributed by atoms with Gasteiger partial charge in [-0.1, -0.05) is 0 Å². The molecule has 0 unspecified atom stereocenters. The van der Waals surface area contributed by atoms with E-state index in [0.29, 0.717) is 24.7 Å². The van der Waals surface area contributed by atoms with Crippen molar-refractivity contribution in [2.75, 3.05) is 13.2 Å². The standard InChI is InChI=1S/C6H8N6O/c7-3-4-13-6-2-1-5-8-10-11-12(5)9-6/h1-2H,3-4,7H2. The molecule has 0 aliphatic rings. The summed E-state index contributed by atoms with van der Waals surface area (Å²) in [6, 6.07) is 3.42. The van der Waals surface area contributed by atoms with E-state index in [1.807, 2.05) is 0 Å². The van der Waals surface area contributed by atoms with Crippen molar-refractivity contribution in [1.29, 1.82) is 0 Å². The van der Waals surface area contributed by atoms with Gasteiger partial charge in [-0.25, -0.2) is 0 Å². The molecule has 2 N–H and O–H groups in total. The minimum Gasteiger partial charge on any atom is -0.475 e. The second-order valence-electron chi connectivity index (χ2n) is 2.34. The highest BCUT2D eigenvalue weighted by molar-refractivity contribution is 5.34. The van der Waals surface area contributed by atoms with E-state index >= 15 is 0 Å². The van der Waals surface area contributed by atoms with Gasteiger partial charge in [-0.15, -0.1) is 14.8 Å². The van der Waals surface area contributed by atoms with Crippen molar-refractivity contribution in [2.24, 2.45) is 5.73 Å². The quantitative estimate of drug-likeness (QED) is 0.641. The van der Waals surface area contributed by atoms with Crippen LogP contribution >= 0.6 is 0 Å². The van der Waals surface area contributed by atoms with Crippen LogP contribution in [0.3, 0.4) is 0 Å². The summed E-state index contributed by atoms with van der Waals surface area (Å²) in [5, 5.41) is 14.7. The van der Waals surface area contributed by atoms with Crippen molar-refractivity contribution >= 4 is 5.65 Å². The molecule has 0 aromatic carbocycles. The third kappa shape index (κ3) is 1.54. The summed E-state index contributed by atoms with van der Waals surface area (Å²) in [7, 11) is 0. The fourth-order valence-electron chi connectivity index (χ4n) is 0.874. The smallest absolute Gasteiger partial charge is 0.233 e. The lowest BCUT2D eigenvalue weighted by molar-refractivity contribution is 0.309. The van der Waals surface area contributed by atoms with Gasteiger partial charge in [-0.3, -0.25) is 0 Å². The molecule has 0 atom stereocenters. The molecule has 0 aliphatic heterocycles. The number of ether oxygens (including phenoxy) is 1. The summed E-state index contributed by atoms with van der Waals surface area (Å²) >= 11 is 0. The van der Waals surface area contributed by atoms with Crippen molar-refractivity contribution in [1.82, 2.24) is 25.3 Å². The summed E-state index contributed by atoms with van der Waals surface area (Å²) in [5.41, 5.74) is 5.85. The van der Waals surface area contributed by atoms with Crippen LogP contribution in [-0.4, -0.2) is 38.4 Å². The van der Waals surface area contributed by atoms with Crippen molar-refractivity contribution in [2.45, 2.75) is 0 Å². The Morgan fingerprint density at radius 3 is 3.23 bits per heavy atom. The minimum atomic E-state index is 0.431. The molecule has 0 bridgehead atoms. The molecule has 2 heterocycles. The molecule has 0 spiro atoms. The summed E-state index contributed by atoms with van der Waals surface area (Å²) in [5.74, 6) is 0.463. The molecule has 2 aromatic heterocycles. The fourth-order valence-corrected chi connectivity index (χ4v) is 0.874.